The van der Waals surface area contributed by atoms with Gasteiger partial charge in [0.15, 0.2) is 0 Å². The van der Waals surface area contributed by atoms with Crippen LogP contribution in [0.4, 0.5) is 22.7 Å². The summed E-state index contributed by atoms with van der Waals surface area (Å²) in [6.07, 6.45) is 0. The van der Waals surface area contributed by atoms with Gasteiger partial charge >= 0.3 is 0 Å². The standard InChI is InChI=1S/4C15H25NO.2CH3I.CH4/c4*1-9-12(14(2,3)4)10(16)8-11(17)13(9)15(5,6)7;2*1-2;/h4*8,17H,16H2,1-7H3;2*1H3;1H4/i2*8D;;;2*1D;. The molecule has 0 aliphatic rings. The van der Waals surface area contributed by atoms with E-state index in [1.807, 2.05) is 101 Å². The Bertz CT molecular complexity index is 2260. The van der Waals surface area contributed by atoms with Crippen molar-refractivity contribution in [1.29, 1.82) is 0 Å². The number of nitrogens with two attached hydrogens (primary N) is 4. The van der Waals surface area contributed by atoms with E-state index in [0.29, 0.717) is 44.1 Å². The van der Waals surface area contributed by atoms with Crippen LogP contribution in [0.2, 0.25) is 0 Å². The van der Waals surface area contributed by atoms with E-state index in [4.69, 9.17) is 28.4 Å². The van der Waals surface area contributed by atoms with Crippen molar-refractivity contribution in [1.82, 2.24) is 0 Å². The maximum absolute atomic E-state index is 10.2. The fraction of sp³-hybridized carbons (Fsp3) is 0.619. The van der Waals surface area contributed by atoms with Gasteiger partial charge in [-0.2, -0.15) is 0 Å². The van der Waals surface area contributed by atoms with Gasteiger partial charge in [0.25, 0.3) is 0 Å². The first-order valence-corrected chi connectivity index (χ1v) is 27.8. The minimum absolute atomic E-state index is 0. The lowest BCUT2D eigenvalue weighted by atomic mass is 9.75. The second-order valence-electron chi connectivity index (χ2n) is 27.2. The minimum Gasteiger partial charge on any atom is -0.508 e. The smallest absolute Gasteiger partial charge is 0.121 e. The van der Waals surface area contributed by atoms with Crippen molar-refractivity contribution >= 4 is 67.9 Å². The molecule has 0 radical (unpaired) electrons. The first kappa shape index (κ1) is 65.9. The Morgan fingerprint density at radius 3 is 0.616 bits per heavy atom. The molecule has 4 rings (SSSR count). The van der Waals surface area contributed by atoms with Crippen LogP contribution in [0.1, 0.15) is 246 Å². The average molecular weight is 1250 g/mol. The summed E-state index contributed by atoms with van der Waals surface area (Å²) in [6, 6.07) is 3.48. The zero-order chi connectivity index (χ0) is 61.5. The number of aromatic hydroxyl groups is 4. The Hall–Kier alpha value is -3.26. The van der Waals surface area contributed by atoms with Crippen molar-refractivity contribution in [3.8, 4) is 23.0 Å². The molecule has 0 saturated heterocycles. The lowest BCUT2D eigenvalue weighted by Gasteiger charge is -2.30. The second-order valence-corrected chi connectivity index (χ2v) is 27.2. The molecule has 4 aromatic carbocycles. The van der Waals surface area contributed by atoms with Gasteiger partial charge < -0.3 is 43.4 Å². The van der Waals surface area contributed by atoms with Crippen LogP contribution in [0.25, 0.3) is 0 Å². The summed E-state index contributed by atoms with van der Waals surface area (Å²) in [4.78, 5) is 0.940. The summed E-state index contributed by atoms with van der Waals surface area (Å²) in [5.74, 6) is 0.650. The molecule has 0 bridgehead atoms. The summed E-state index contributed by atoms with van der Waals surface area (Å²) < 4.78 is 28.4. The van der Waals surface area contributed by atoms with Crippen molar-refractivity contribution in [2.75, 3.05) is 32.7 Å². The molecule has 0 aromatic heterocycles. The third kappa shape index (κ3) is 19.7. The van der Waals surface area contributed by atoms with Gasteiger partial charge in [0.05, 0.1) is 2.74 Å². The van der Waals surface area contributed by atoms with Gasteiger partial charge in [-0.05, 0) is 125 Å². The van der Waals surface area contributed by atoms with Gasteiger partial charge in [0.1, 0.15) is 23.0 Å². The topological polar surface area (TPSA) is 185 Å². The van der Waals surface area contributed by atoms with Crippen LogP contribution < -0.4 is 22.9 Å². The Balaban J connectivity index is -0.000000911. The molecule has 0 spiro atoms. The molecule has 0 saturated carbocycles. The zero-order valence-electron chi connectivity index (χ0n) is 54.4. The number of halogens is 2. The molecular weight excluding hydrogens is 1130 g/mol. The summed E-state index contributed by atoms with van der Waals surface area (Å²) in [7, 11) is 0. The van der Waals surface area contributed by atoms with Gasteiger partial charge in [-0.3, -0.25) is 0 Å². The van der Waals surface area contributed by atoms with E-state index in [1.54, 1.807) is 12.1 Å². The van der Waals surface area contributed by atoms with Gasteiger partial charge in [-0.15, -0.1) is 0 Å². The number of alkyl halides is 2. The Labute approximate surface area is 482 Å². The molecule has 0 unspecified atom stereocenters. The molecule has 0 heterocycles. The van der Waals surface area contributed by atoms with Crippen molar-refractivity contribution < 1.29 is 25.9 Å². The number of benzene rings is 4. The number of hydrogen-bond acceptors (Lipinski definition) is 8. The van der Waals surface area contributed by atoms with E-state index >= 15 is 0 Å². The predicted molar refractivity (Wildman–Crippen MR) is 345 cm³/mol. The molecule has 12 N–H and O–H groups in total. The van der Waals surface area contributed by atoms with Crippen LogP contribution in [-0.4, -0.2) is 30.2 Å². The quantitative estimate of drug-likeness (QED) is 0.0486. The maximum Gasteiger partial charge on any atom is 0.121 e. The number of phenolic OH excluding ortho intramolecular Hbond substituents is 4. The van der Waals surface area contributed by atoms with Crippen LogP contribution in [0.5, 0.6) is 23.0 Å². The summed E-state index contributed by atoms with van der Waals surface area (Å²) in [5, 5.41) is 40.7. The van der Waals surface area contributed by atoms with E-state index in [0.717, 1.165) is 66.8 Å². The van der Waals surface area contributed by atoms with Crippen molar-refractivity contribution in [2.45, 2.75) is 245 Å². The Kier molecular flexibility index (Phi) is 24.1. The molecule has 0 aliphatic heterocycles. The van der Waals surface area contributed by atoms with Gasteiger partial charge in [0.2, 0.25) is 0 Å². The van der Waals surface area contributed by atoms with E-state index in [-0.39, 0.29) is 74.3 Å². The van der Waals surface area contributed by atoms with Gasteiger partial charge in [0, 0.05) is 72.0 Å². The fourth-order valence-corrected chi connectivity index (χ4v) is 10.8. The number of hydrogen-bond donors (Lipinski definition) is 8. The molecule has 0 aliphatic carbocycles. The second kappa shape index (κ2) is 26.7. The highest BCUT2D eigenvalue weighted by Gasteiger charge is 2.32. The monoisotopic (exact) mass is 1240 g/mol. The molecule has 10 heteroatoms. The van der Waals surface area contributed by atoms with Crippen molar-refractivity contribution in [3.05, 3.63) is 91.0 Å². The van der Waals surface area contributed by atoms with E-state index < -0.39 is 0 Å². The fourth-order valence-electron chi connectivity index (χ4n) is 10.8. The number of phenols is 4. The first-order chi connectivity index (χ1) is 33.5. The molecule has 420 valence electrons. The molecular formula is C63H110I2N4O4. The normalized spacial score (nSPS) is 12.9. The lowest BCUT2D eigenvalue weighted by Crippen LogP contribution is -2.21. The Morgan fingerprint density at radius 2 is 0.466 bits per heavy atom. The van der Waals surface area contributed by atoms with Crippen LogP contribution in [0.3, 0.4) is 0 Å². The molecule has 0 amide bonds. The van der Waals surface area contributed by atoms with Crippen LogP contribution >= 0.6 is 45.2 Å². The average Bonchev–Trinajstić information content (AvgIpc) is 3.12. The molecule has 8 nitrogen and oxygen atoms in total. The molecule has 0 fully saturated rings. The van der Waals surface area contributed by atoms with Crippen molar-refractivity contribution in [2.24, 2.45) is 0 Å². The minimum atomic E-state index is -0.211. The number of nitrogen functional groups attached to an aromatic ring is 4. The summed E-state index contributed by atoms with van der Waals surface area (Å²) in [6.45, 7) is 58.3. The van der Waals surface area contributed by atoms with Crippen LogP contribution in [0, 0.1) is 27.7 Å². The van der Waals surface area contributed by atoms with Crippen LogP contribution in [0.15, 0.2) is 24.2 Å². The molecule has 0 atom stereocenters. The zero-order valence-corrected chi connectivity index (χ0v) is 54.7. The number of rotatable bonds is 0. The lowest BCUT2D eigenvalue weighted by molar-refractivity contribution is 0.442. The Morgan fingerprint density at radius 1 is 0.329 bits per heavy atom. The van der Waals surface area contributed by atoms with Crippen molar-refractivity contribution in [3.63, 3.8) is 0 Å². The summed E-state index contributed by atoms with van der Waals surface area (Å²) in [5.41, 5.74) is 37.5. The van der Waals surface area contributed by atoms with Crippen LogP contribution in [-0.2, 0) is 43.3 Å². The first-order valence-electron chi connectivity index (χ1n) is 27.2. The van der Waals surface area contributed by atoms with E-state index in [2.05, 4.69) is 138 Å². The molecule has 73 heavy (non-hydrogen) atoms. The highest BCUT2D eigenvalue weighted by atomic mass is 127. The number of anilines is 4. The largest absolute Gasteiger partial charge is 0.508 e. The highest BCUT2D eigenvalue weighted by molar-refractivity contribution is 14.1. The van der Waals surface area contributed by atoms with Gasteiger partial charge in [-0.1, -0.05) is 219 Å². The SMILES string of the molecule is C.Cc1c(C(C)(C)C)c(N)cc(O)c1C(C)(C)C.Cc1c(C(C)(C)C)c(N)cc(O)c1C(C)(C)C.[2H]CI.[2H]CI.[2H]c1c(N)c(C(C)(C)C)c(C)c(C(C)(C)C)c1O.[2H]c1c(N)c(C(C)(C)C)c(C)c(C(C)(C)C)c1O. The van der Waals surface area contributed by atoms with E-state index in [9.17, 15) is 20.4 Å². The maximum atomic E-state index is 10.2. The third-order valence-corrected chi connectivity index (χ3v) is 12.2. The van der Waals surface area contributed by atoms with Gasteiger partial charge in [-0.25, -0.2) is 0 Å². The highest BCUT2D eigenvalue weighted by Crippen LogP contribution is 2.46. The third-order valence-electron chi connectivity index (χ3n) is 12.2. The molecule has 4 aromatic rings. The van der Waals surface area contributed by atoms with E-state index in [1.165, 1.54) is 0 Å². The predicted octanol–water partition coefficient (Wildman–Crippen LogP) is 18.2. The summed E-state index contributed by atoms with van der Waals surface area (Å²) >= 11 is 3.91.